The average Bonchev–Trinajstić information content (AvgIpc) is 2.78. The number of hydrogen-bond donors (Lipinski definition) is 1. The van der Waals surface area contributed by atoms with Crippen molar-refractivity contribution >= 4 is 23.7 Å². The van der Waals surface area contributed by atoms with Crippen LogP contribution < -0.4 is 10.1 Å². The minimum atomic E-state index is -0.960. The van der Waals surface area contributed by atoms with Gasteiger partial charge >= 0.3 is 5.97 Å². The Balaban J connectivity index is 2.19. The molecular formula is C21H29N3O7. The van der Waals surface area contributed by atoms with Crippen molar-refractivity contribution in [2.45, 2.75) is 25.4 Å². The quantitative estimate of drug-likeness (QED) is 0.553. The highest BCUT2D eigenvalue weighted by Gasteiger charge is 2.37. The maximum atomic E-state index is 13.1. The molecule has 0 radical (unpaired) electrons. The SMILES string of the molecule is COCC(=O)N1CCN(C(C)=O)CC1C(=O)NC(Cc1ccc(OC)cc1)C(=O)OC. The number of benzene rings is 1. The van der Waals surface area contributed by atoms with Crippen molar-refractivity contribution in [3.8, 4) is 5.75 Å². The lowest BCUT2D eigenvalue weighted by atomic mass is 10.0. The highest BCUT2D eigenvalue weighted by atomic mass is 16.5. The summed E-state index contributed by atoms with van der Waals surface area (Å²) in [5.41, 5.74) is 0.790. The molecule has 10 nitrogen and oxygen atoms in total. The first-order chi connectivity index (χ1) is 14.8. The van der Waals surface area contributed by atoms with Gasteiger partial charge < -0.3 is 29.3 Å². The van der Waals surface area contributed by atoms with Crippen LogP contribution in [0.3, 0.4) is 0 Å². The van der Waals surface area contributed by atoms with Crippen LogP contribution in [-0.4, -0.2) is 93.1 Å². The fraction of sp³-hybridized carbons (Fsp3) is 0.524. The Morgan fingerprint density at radius 3 is 2.32 bits per heavy atom. The van der Waals surface area contributed by atoms with Crippen molar-refractivity contribution in [1.29, 1.82) is 0 Å². The number of rotatable bonds is 8. The van der Waals surface area contributed by atoms with Crippen LogP contribution in [0.25, 0.3) is 0 Å². The molecule has 3 amide bonds. The van der Waals surface area contributed by atoms with Crippen LogP contribution in [-0.2, 0) is 35.1 Å². The summed E-state index contributed by atoms with van der Waals surface area (Å²) < 4.78 is 14.9. The first-order valence-corrected chi connectivity index (χ1v) is 9.85. The summed E-state index contributed by atoms with van der Waals surface area (Å²) in [7, 11) is 4.18. The molecule has 0 spiro atoms. The van der Waals surface area contributed by atoms with Crippen LogP contribution in [0.1, 0.15) is 12.5 Å². The zero-order valence-electron chi connectivity index (χ0n) is 18.3. The number of amides is 3. The topological polar surface area (TPSA) is 114 Å². The molecule has 170 valence electrons. The van der Waals surface area contributed by atoms with E-state index >= 15 is 0 Å². The van der Waals surface area contributed by atoms with Crippen LogP contribution in [0.2, 0.25) is 0 Å². The lowest BCUT2D eigenvalue weighted by molar-refractivity contribution is -0.152. The van der Waals surface area contributed by atoms with E-state index in [1.807, 2.05) is 0 Å². The standard InChI is InChI=1S/C21H29N3O7/c1-14(25)23-9-10-24(19(26)13-29-2)18(12-23)20(27)22-17(21(28)31-4)11-15-5-7-16(30-3)8-6-15/h5-8,17-18H,9-13H2,1-4H3,(H,22,27). The third-order valence-electron chi connectivity index (χ3n) is 5.12. The van der Waals surface area contributed by atoms with E-state index in [4.69, 9.17) is 14.2 Å². The maximum Gasteiger partial charge on any atom is 0.328 e. The highest BCUT2D eigenvalue weighted by Crippen LogP contribution is 2.15. The van der Waals surface area contributed by atoms with Crippen LogP contribution in [0, 0.1) is 0 Å². The van der Waals surface area contributed by atoms with Gasteiger partial charge in [0.05, 0.1) is 20.8 Å². The number of piperazine rings is 1. The molecule has 1 N–H and O–H groups in total. The monoisotopic (exact) mass is 435 g/mol. The summed E-state index contributed by atoms with van der Waals surface area (Å²) in [6.07, 6.45) is 0.192. The Labute approximate surface area is 181 Å². The zero-order valence-corrected chi connectivity index (χ0v) is 18.3. The normalized spacial score (nSPS) is 17.0. The van der Waals surface area contributed by atoms with Gasteiger partial charge in [0, 0.05) is 33.5 Å². The second-order valence-electron chi connectivity index (χ2n) is 7.14. The number of nitrogens with one attached hydrogen (secondary N) is 1. The number of carbonyl (C=O) groups excluding carboxylic acids is 4. The van der Waals surface area contributed by atoms with Gasteiger partial charge in [-0.05, 0) is 17.7 Å². The van der Waals surface area contributed by atoms with Crippen molar-refractivity contribution in [3.63, 3.8) is 0 Å². The molecule has 0 aromatic heterocycles. The molecule has 31 heavy (non-hydrogen) atoms. The second kappa shape index (κ2) is 11.3. The Bertz CT molecular complexity index is 797. The van der Waals surface area contributed by atoms with Crippen molar-refractivity contribution in [2.75, 3.05) is 47.6 Å². The summed E-state index contributed by atoms with van der Waals surface area (Å²) in [4.78, 5) is 52.5. The number of hydrogen-bond acceptors (Lipinski definition) is 7. The molecule has 1 aliphatic heterocycles. The van der Waals surface area contributed by atoms with Gasteiger partial charge in [-0.1, -0.05) is 12.1 Å². The smallest absolute Gasteiger partial charge is 0.328 e. The van der Waals surface area contributed by atoms with Gasteiger partial charge in [0.25, 0.3) is 0 Å². The van der Waals surface area contributed by atoms with Crippen LogP contribution >= 0.6 is 0 Å². The third-order valence-corrected chi connectivity index (χ3v) is 5.12. The molecule has 2 unspecified atom stereocenters. The maximum absolute atomic E-state index is 13.1. The number of carbonyl (C=O) groups is 4. The minimum absolute atomic E-state index is 0.0348. The largest absolute Gasteiger partial charge is 0.497 e. The van der Waals surface area contributed by atoms with E-state index in [0.717, 1.165) is 5.56 Å². The Kier molecular flexibility index (Phi) is 8.80. The fourth-order valence-corrected chi connectivity index (χ4v) is 3.40. The molecule has 10 heteroatoms. The first kappa shape index (κ1) is 24.1. The first-order valence-electron chi connectivity index (χ1n) is 9.85. The molecular weight excluding hydrogens is 406 g/mol. The molecule has 1 aromatic carbocycles. The van der Waals surface area contributed by atoms with E-state index in [0.29, 0.717) is 12.3 Å². The Morgan fingerprint density at radius 2 is 1.77 bits per heavy atom. The van der Waals surface area contributed by atoms with Gasteiger partial charge in [-0.2, -0.15) is 0 Å². The summed E-state index contributed by atoms with van der Waals surface area (Å²) in [6, 6.07) is 5.17. The minimum Gasteiger partial charge on any atom is -0.497 e. The fourth-order valence-electron chi connectivity index (χ4n) is 3.40. The molecule has 1 aromatic rings. The van der Waals surface area contributed by atoms with Gasteiger partial charge in [0.1, 0.15) is 24.4 Å². The highest BCUT2D eigenvalue weighted by molar-refractivity contribution is 5.92. The van der Waals surface area contributed by atoms with Crippen LogP contribution in [0.15, 0.2) is 24.3 Å². The summed E-state index contributed by atoms with van der Waals surface area (Å²) in [5, 5.41) is 2.68. The van der Waals surface area contributed by atoms with Crippen LogP contribution in [0.4, 0.5) is 0 Å². The molecule has 0 aliphatic carbocycles. The van der Waals surface area contributed by atoms with Gasteiger partial charge in [0.2, 0.25) is 17.7 Å². The van der Waals surface area contributed by atoms with Crippen molar-refractivity contribution in [2.24, 2.45) is 0 Å². The molecule has 1 aliphatic rings. The van der Waals surface area contributed by atoms with E-state index in [1.165, 1.54) is 30.9 Å². The second-order valence-corrected chi connectivity index (χ2v) is 7.14. The van der Waals surface area contributed by atoms with Crippen molar-refractivity contribution in [3.05, 3.63) is 29.8 Å². The molecule has 1 fully saturated rings. The van der Waals surface area contributed by atoms with E-state index in [2.05, 4.69) is 5.32 Å². The summed E-state index contributed by atoms with van der Waals surface area (Å²) >= 11 is 0. The number of esters is 1. The Morgan fingerprint density at radius 1 is 1.10 bits per heavy atom. The lowest BCUT2D eigenvalue weighted by Crippen LogP contribution is -2.63. The molecule has 1 saturated heterocycles. The molecule has 0 bridgehead atoms. The molecule has 2 atom stereocenters. The number of nitrogens with zero attached hydrogens (tertiary/aromatic N) is 2. The third kappa shape index (κ3) is 6.42. The zero-order chi connectivity index (χ0) is 23.0. The molecule has 0 saturated carbocycles. The average molecular weight is 435 g/mol. The van der Waals surface area contributed by atoms with Crippen molar-refractivity contribution < 1.29 is 33.4 Å². The van der Waals surface area contributed by atoms with Crippen molar-refractivity contribution in [1.82, 2.24) is 15.1 Å². The summed E-state index contributed by atoms with van der Waals surface area (Å²) in [6.45, 7) is 1.77. The number of methoxy groups -OCH3 is 3. The van der Waals surface area contributed by atoms with Gasteiger partial charge in [-0.25, -0.2) is 4.79 Å². The van der Waals surface area contributed by atoms with Gasteiger partial charge in [0.15, 0.2) is 0 Å². The number of ether oxygens (including phenoxy) is 3. The van der Waals surface area contributed by atoms with Gasteiger partial charge in [-0.15, -0.1) is 0 Å². The molecule has 2 rings (SSSR count). The lowest BCUT2D eigenvalue weighted by Gasteiger charge is -2.40. The predicted molar refractivity (Wildman–Crippen MR) is 110 cm³/mol. The van der Waals surface area contributed by atoms with Gasteiger partial charge in [-0.3, -0.25) is 14.4 Å². The Hall–Kier alpha value is -3.14. The summed E-state index contributed by atoms with van der Waals surface area (Å²) in [5.74, 6) is -1.05. The molecule has 1 heterocycles. The predicted octanol–water partition coefficient (Wildman–Crippen LogP) is -0.399. The van der Waals surface area contributed by atoms with E-state index in [-0.39, 0.29) is 37.9 Å². The van der Waals surface area contributed by atoms with E-state index < -0.39 is 24.0 Å². The van der Waals surface area contributed by atoms with E-state index in [9.17, 15) is 19.2 Å². The van der Waals surface area contributed by atoms with Crippen LogP contribution in [0.5, 0.6) is 5.75 Å². The van der Waals surface area contributed by atoms with E-state index in [1.54, 1.807) is 31.4 Å².